The molecule has 0 aliphatic heterocycles. The largest absolute Gasteiger partial charge is 0.330 e. The van der Waals surface area contributed by atoms with Crippen LogP contribution in [0.4, 0.5) is 0 Å². The monoisotopic (exact) mass is 255 g/mol. The van der Waals surface area contributed by atoms with Gasteiger partial charge in [-0.05, 0) is 18.2 Å². The van der Waals surface area contributed by atoms with Crippen molar-refractivity contribution in [1.82, 2.24) is 9.55 Å². The molecule has 1 aromatic heterocycles. The van der Waals surface area contributed by atoms with Crippen LogP contribution in [0.1, 0.15) is 0 Å². The van der Waals surface area contributed by atoms with Gasteiger partial charge in [0.1, 0.15) is 5.82 Å². The third kappa shape index (κ3) is 2.38. The fourth-order valence-electron chi connectivity index (χ4n) is 1.57. The van der Waals surface area contributed by atoms with Crippen molar-refractivity contribution >= 4 is 23.2 Å². The normalized spacial score (nSPS) is 10.7. The molecule has 1 heterocycles. The Bertz CT molecular complexity index is 473. The van der Waals surface area contributed by atoms with Crippen LogP contribution in [-0.4, -0.2) is 16.1 Å². The van der Waals surface area contributed by atoms with Crippen molar-refractivity contribution in [3.8, 4) is 11.4 Å². The molecule has 0 aliphatic carbocycles. The summed E-state index contributed by atoms with van der Waals surface area (Å²) in [6.45, 7) is 1.29. The van der Waals surface area contributed by atoms with Gasteiger partial charge in [0, 0.05) is 41.1 Å². The minimum Gasteiger partial charge on any atom is -0.330 e. The van der Waals surface area contributed by atoms with E-state index in [0.717, 1.165) is 17.9 Å². The van der Waals surface area contributed by atoms with E-state index in [1.54, 1.807) is 12.3 Å². The lowest BCUT2D eigenvalue weighted by Crippen LogP contribution is -2.10. The maximum absolute atomic E-state index is 5.95. The van der Waals surface area contributed by atoms with Crippen LogP contribution in [0.2, 0.25) is 10.0 Å². The molecule has 0 radical (unpaired) electrons. The SMILES string of the molecule is NCCn1ccnc1-c1cc(Cl)cc(Cl)c1. The Morgan fingerprint density at radius 2 is 1.88 bits per heavy atom. The highest BCUT2D eigenvalue weighted by atomic mass is 35.5. The number of hydrogen-bond acceptors (Lipinski definition) is 2. The second-order valence-corrected chi connectivity index (χ2v) is 4.26. The zero-order chi connectivity index (χ0) is 11.5. The smallest absolute Gasteiger partial charge is 0.140 e. The summed E-state index contributed by atoms with van der Waals surface area (Å²) in [4.78, 5) is 4.28. The first-order valence-electron chi connectivity index (χ1n) is 4.88. The molecule has 0 aliphatic rings. The Hall–Kier alpha value is -1.03. The lowest BCUT2D eigenvalue weighted by atomic mass is 10.2. The number of benzene rings is 1. The van der Waals surface area contributed by atoms with Gasteiger partial charge in [0.15, 0.2) is 0 Å². The van der Waals surface area contributed by atoms with Crippen molar-refractivity contribution in [3.63, 3.8) is 0 Å². The lowest BCUT2D eigenvalue weighted by Gasteiger charge is -2.07. The summed E-state index contributed by atoms with van der Waals surface area (Å²) in [5.41, 5.74) is 6.42. The number of hydrogen-bond donors (Lipinski definition) is 1. The maximum Gasteiger partial charge on any atom is 0.140 e. The van der Waals surface area contributed by atoms with Crippen LogP contribution in [0.3, 0.4) is 0 Å². The van der Waals surface area contributed by atoms with Crippen molar-refractivity contribution in [3.05, 3.63) is 40.6 Å². The highest BCUT2D eigenvalue weighted by Gasteiger charge is 2.07. The van der Waals surface area contributed by atoms with Gasteiger partial charge in [0.25, 0.3) is 0 Å². The van der Waals surface area contributed by atoms with Gasteiger partial charge in [-0.25, -0.2) is 4.98 Å². The first-order chi connectivity index (χ1) is 7.70. The highest BCUT2D eigenvalue weighted by molar-refractivity contribution is 6.35. The number of halogens is 2. The minimum atomic E-state index is 0.567. The van der Waals surface area contributed by atoms with Gasteiger partial charge in [-0.1, -0.05) is 23.2 Å². The van der Waals surface area contributed by atoms with E-state index in [9.17, 15) is 0 Å². The second-order valence-electron chi connectivity index (χ2n) is 3.39. The molecule has 0 unspecified atom stereocenters. The topological polar surface area (TPSA) is 43.8 Å². The number of rotatable bonds is 3. The first-order valence-corrected chi connectivity index (χ1v) is 5.64. The van der Waals surface area contributed by atoms with E-state index in [1.807, 2.05) is 22.9 Å². The summed E-state index contributed by atoms with van der Waals surface area (Å²) in [5, 5.41) is 1.20. The van der Waals surface area contributed by atoms with E-state index in [-0.39, 0.29) is 0 Å². The molecular weight excluding hydrogens is 245 g/mol. The summed E-state index contributed by atoms with van der Waals surface area (Å²) < 4.78 is 1.97. The van der Waals surface area contributed by atoms with E-state index in [4.69, 9.17) is 28.9 Å². The van der Waals surface area contributed by atoms with Gasteiger partial charge >= 0.3 is 0 Å². The molecule has 0 saturated carbocycles. The van der Waals surface area contributed by atoms with E-state index in [2.05, 4.69) is 4.98 Å². The lowest BCUT2D eigenvalue weighted by molar-refractivity contribution is 0.715. The van der Waals surface area contributed by atoms with E-state index in [0.29, 0.717) is 16.6 Å². The van der Waals surface area contributed by atoms with Crippen LogP contribution >= 0.6 is 23.2 Å². The molecule has 0 saturated heterocycles. The molecule has 0 amide bonds. The summed E-state index contributed by atoms with van der Waals surface area (Å²) in [6, 6.07) is 5.37. The quantitative estimate of drug-likeness (QED) is 0.917. The van der Waals surface area contributed by atoms with Crippen molar-refractivity contribution < 1.29 is 0 Å². The van der Waals surface area contributed by atoms with Crippen molar-refractivity contribution in [1.29, 1.82) is 0 Å². The van der Waals surface area contributed by atoms with E-state index < -0.39 is 0 Å². The second kappa shape index (κ2) is 4.87. The highest BCUT2D eigenvalue weighted by Crippen LogP contribution is 2.26. The number of aromatic nitrogens is 2. The molecule has 0 spiro atoms. The van der Waals surface area contributed by atoms with E-state index >= 15 is 0 Å². The number of nitrogens with two attached hydrogens (primary N) is 1. The molecule has 2 N–H and O–H groups in total. The average molecular weight is 256 g/mol. The molecule has 84 valence electrons. The molecule has 0 atom stereocenters. The molecule has 2 aromatic rings. The van der Waals surface area contributed by atoms with Crippen LogP contribution < -0.4 is 5.73 Å². The van der Waals surface area contributed by atoms with Crippen LogP contribution in [0, 0.1) is 0 Å². The predicted molar refractivity (Wildman–Crippen MR) is 66.7 cm³/mol. The van der Waals surface area contributed by atoms with Crippen LogP contribution in [-0.2, 0) is 6.54 Å². The molecule has 16 heavy (non-hydrogen) atoms. The fourth-order valence-corrected chi connectivity index (χ4v) is 2.10. The average Bonchev–Trinajstić information content (AvgIpc) is 2.65. The Balaban J connectivity index is 2.45. The maximum atomic E-state index is 5.95. The molecule has 2 rings (SSSR count). The third-order valence-corrected chi connectivity index (χ3v) is 2.64. The zero-order valence-corrected chi connectivity index (χ0v) is 10.0. The molecule has 1 aromatic carbocycles. The van der Waals surface area contributed by atoms with Gasteiger partial charge in [-0.15, -0.1) is 0 Å². The first kappa shape index (κ1) is 11.5. The van der Waals surface area contributed by atoms with Crippen molar-refractivity contribution in [2.24, 2.45) is 5.73 Å². The zero-order valence-electron chi connectivity index (χ0n) is 8.53. The minimum absolute atomic E-state index is 0.567. The summed E-state index contributed by atoms with van der Waals surface area (Å²) in [5.74, 6) is 0.829. The molecule has 0 bridgehead atoms. The van der Waals surface area contributed by atoms with Gasteiger partial charge < -0.3 is 10.3 Å². The molecule has 0 fully saturated rings. The summed E-state index contributed by atoms with van der Waals surface area (Å²) >= 11 is 11.9. The number of imidazole rings is 1. The fraction of sp³-hybridized carbons (Fsp3) is 0.182. The van der Waals surface area contributed by atoms with Gasteiger partial charge in [-0.3, -0.25) is 0 Å². The van der Waals surface area contributed by atoms with Gasteiger partial charge in [-0.2, -0.15) is 0 Å². The Morgan fingerprint density at radius 3 is 2.50 bits per heavy atom. The summed E-state index contributed by atoms with van der Waals surface area (Å²) in [7, 11) is 0. The Morgan fingerprint density at radius 1 is 1.19 bits per heavy atom. The van der Waals surface area contributed by atoms with E-state index in [1.165, 1.54) is 0 Å². The molecule has 3 nitrogen and oxygen atoms in total. The van der Waals surface area contributed by atoms with Crippen LogP contribution in [0.15, 0.2) is 30.6 Å². The van der Waals surface area contributed by atoms with Crippen molar-refractivity contribution in [2.75, 3.05) is 6.54 Å². The van der Waals surface area contributed by atoms with Gasteiger partial charge in [0.2, 0.25) is 0 Å². The van der Waals surface area contributed by atoms with Gasteiger partial charge in [0.05, 0.1) is 0 Å². The molecule has 5 heteroatoms. The number of nitrogens with zero attached hydrogens (tertiary/aromatic N) is 2. The Kier molecular flexibility index (Phi) is 3.49. The Labute approximate surface area is 104 Å². The predicted octanol–water partition coefficient (Wildman–Crippen LogP) is 2.82. The standard InChI is InChI=1S/C11H11Cl2N3/c12-9-5-8(6-10(13)7-9)11-15-2-4-16(11)3-1-14/h2,4-7H,1,3,14H2. The van der Waals surface area contributed by atoms with Crippen LogP contribution in [0.5, 0.6) is 0 Å². The molecular formula is C11H11Cl2N3. The van der Waals surface area contributed by atoms with Crippen molar-refractivity contribution in [2.45, 2.75) is 6.54 Å². The third-order valence-electron chi connectivity index (χ3n) is 2.21. The summed E-state index contributed by atoms with van der Waals surface area (Å²) in [6.07, 6.45) is 3.62. The van der Waals surface area contributed by atoms with Crippen LogP contribution in [0.25, 0.3) is 11.4 Å².